The third-order valence-electron chi connectivity index (χ3n) is 3.20. The molecule has 1 aliphatic rings. The van der Waals surface area contributed by atoms with E-state index in [0.29, 0.717) is 37.4 Å². The van der Waals surface area contributed by atoms with Gasteiger partial charge in [0.15, 0.2) is 6.10 Å². The highest BCUT2D eigenvalue weighted by Gasteiger charge is 2.28. The highest BCUT2D eigenvalue weighted by Crippen LogP contribution is 2.32. The normalized spacial score (nSPS) is 17.7. The van der Waals surface area contributed by atoms with Crippen molar-refractivity contribution in [3.8, 4) is 5.75 Å². The Hall–Kier alpha value is -1.11. The van der Waals surface area contributed by atoms with E-state index in [2.05, 4.69) is 15.9 Å². The highest BCUT2D eigenvalue weighted by molar-refractivity contribution is 9.10. The van der Waals surface area contributed by atoms with Gasteiger partial charge in [-0.3, -0.25) is 0 Å². The number of halogens is 1. The van der Waals surface area contributed by atoms with Crippen molar-refractivity contribution >= 4 is 21.9 Å². The average Bonchev–Trinajstić information content (AvgIpc) is 2.45. The van der Waals surface area contributed by atoms with Gasteiger partial charge in [-0.25, -0.2) is 4.79 Å². The van der Waals surface area contributed by atoms with Crippen molar-refractivity contribution in [1.82, 2.24) is 0 Å². The van der Waals surface area contributed by atoms with Crippen molar-refractivity contribution in [2.45, 2.75) is 25.0 Å². The molecule has 20 heavy (non-hydrogen) atoms. The zero-order valence-corrected chi connectivity index (χ0v) is 12.8. The van der Waals surface area contributed by atoms with Gasteiger partial charge in [0, 0.05) is 23.2 Å². The van der Waals surface area contributed by atoms with E-state index in [1.165, 1.54) is 7.11 Å². The van der Waals surface area contributed by atoms with Crippen molar-refractivity contribution in [1.29, 1.82) is 0 Å². The number of carboxylic acid groups (broad SMARTS) is 1. The van der Waals surface area contributed by atoms with Gasteiger partial charge in [-0.05, 0) is 31.0 Å². The second-order valence-corrected chi connectivity index (χ2v) is 5.47. The van der Waals surface area contributed by atoms with Crippen LogP contribution in [-0.4, -0.2) is 37.5 Å². The first kappa shape index (κ1) is 15.3. The van der Waals surface area contributed by atoms with Crippen molar-refractivity contribution in [2.75, 3.05) is 20.3 Å². The fourth-order valence-electron chi connectivity index (χ4n) is 2.18. The molecule has 1 N–H and O–H groups in total. The number of methoxy groups -OCH3 is 1. The van der Waals surface area contributed by atoms with E-state index in [1.54, 1.807) is 18.2 Å². The molecule has 1 atom stereocenters. The second-order valence-electron chi connectivity index (χ2n) is 4.55. The Morgan fingerprint density at radius 2 is 2.15 bits per heavy atom. The van der Waals surface area contributed by atoms with Crippen LogP contribution >= 0.6 is 15.9 Å². The molecule has 0 spiro atoms. The topological polar surface area (TPSA) is 65.0 Å². The predicted octanol–water partition coefficient (Wildman–Crippen LogP) is 2.78. The first-order chi connectivity index (χ1) is 9.61. The Bertz CT molecular complexity index is 471. The summed E-state index contributed by atoms with van der Waals surface area (Å²) < 4.78 is 17.0. The van der Waals surface area contributed by atoms with Crippen LogP contribution in [0.3, 0.4) is 0 Å². The second kappa shape index (κ2) is 7.06. The summed E-state index contributed by atoms with van der Waals surface area (Å²) in [7, 11) is 1.51. The van der Waals surface area contributed by atoms with Crippen molar-refractivity contribution in [3.63, 3.8) is 0 Å². The molecule has 1 saturated heterocycles. The Kier molecular flexibility index (Phi) is 5.39. The number of benzene rings is 1. The largest absolute Gasteiger partial charge is 0.496 e. The van der Waals surface area contributed by atoms with Crippen LogP contribution in [0.15, 0.2) is 22.7 Å². The van der Waals surface area contributed by atoms with E-state index >= 15 is 0 Å². The summed E-state index contributed by atoms with van der Waals surface area (Å²) in [5.41, 5.74) is 0.515. The number of hydrogen-bond acceptors (Lipinski definition) is 4. The fourth-order valence-corrected chi connectivity index (χ4v) is 2.56. The molecule has 0 radical (unpaired) electrons. The predicted molar refractivity (Wildman–Crippen MR) is 76.0 cm³/mol. The zero-order valence-electron chi connectivity index (χ0n) is 11.2. The number of ether oxygens (including phenoxy) is 3. The van der Waals surface area contributed by atoms with Gasteiger partial charge in [-0.2, -0.15) is 0 Å². The van der Waals surface area contributed by atoms with E-state index in [0.717, 1.165) is 4.47 Å². The van der Waals surface area contributed by atoms with Gasteiger partial charge >= 0.3 is 5.97 Å². The Morgan fingerprint density at radius 3 is 2.75 bits per heavy atom. The number of rotatable bonds is 5. The van der Waals surface area contributed by atoms with Crippen LogP contribution in [0.2, 0.25) is 0 Å². The summed E-state index contributed by atoms with van der Waals surface area (Å²) >= 11 is 3.34. The number of carboxylic acids is 1. The van der Waals surface area contributed by atoms with Gasteiger partial charge in [0.25, 0.3) is 0 Å². The lowest BCUT2D eigenvalue weighted by Crippen LogP contribution is -2.28. The molecular weight excluding hydrogens is 328 g/mol. The molecule has 1 unspecified atom stereocenters. The van der Waals surface area contributed by atoms with Crippen molar-refractivity contribution < 1.29 is 24.1 Å². The molecule has 1 heterocycles. The molecule has 0 bridgehead atoms. The molecule has 0 saturated carbocycles. The molecule has 110 valence electrons. The summed E-state index contributed by atoms with van der Waals surface area (Å²) in [6.07, 6.45) is 0.277. The molecular formula is C14H17BrO5. The molecule has 1 aromatic carbocycles. The molecule has 0 aliphatic carbocycles. The van der Waals surface area contributed by atoms with Crippen molar-refractivity contribution in [3.05, 3.63) is 28.2 Å². The van der Waals surface area contributed by atoms with Crippen LogP contribution in [0.25, 0.3) is 0 Å². The minimum Gasteiger partial charge on any atom is -0.496 e. The maximum Gasteiger partial charge on any atom is 0.337 e. The number of carbonyl (C=O) groups is 1. The van der Waals surface area contributed by atoms with Gasteiger partial charge in [0.05, 0.1) is 13.2 Å². The van der Waals surface area contributed by atoms with Gasteiger partial charge in [-0.15, -0.1) is 0 Å². The molecule has 5 nitrogen and oxygen atoms in total. The average molecular weight is 345 g/mol. The van der Waals surface area contributed by atoms with E-state index in [9.17, 15) is 9.90 Å². The summed E-state index contributed by atoms with van der Waals surface area (Å²) in [5, 5.41) is 9.44. The molecule has 2 rings (SSSR count). The van der Waals surface area contributed by atoms with Gasteiger partial charge in [0.1, 0.15) is 5.75 Å². The van der Waals surface area contributed by atoms with Crippen LogP contribution < -0.4 is 4.74 Å². The van der Waals surface area contributed by atoms with Crippen LogP contribution in [0.5, 0.6) is 5.75 Å². The monoisotopic (exact) mass is 344 g/mol. The van der Waals surface area contributed by atoms with E-state index in [4.69, 9.17) is 14.2 Å². The maximum absolute atomic E-state index is 11.5. The number of hydrogen-bond donors (Lipinski definition) is 1. The van der Waals surface area contributed by atoms with Crippen LogP contribution in [0, 0.1) is 0 Å². The highest BCUT2D eigenvalue weighted by atomic mass is 79.9. The third kappa shape index (κ3) is 3.71. The number of aliphatic carboxylic acids is 1. The van der Waals surface area contributed by atoms with Gasteiger partial charge in [0.2, 0.25) is 0 Å². The summed E-state index contributed by atoms with van der Waals surface area (Å²) in [6.45, 7) is 1.21. The minimum absolute atomic E-state index is 0.103. The molecule has 1 aromatic rings. The lowest BCUT2D eigenvalue weighted by molar-refractivity contribution is -0.158. The molecule has 6 heteroatoms. The lowest BCUT2D eigenvalue weighted by atomic mass is 10.1. The maximum atomic E-state index is 11.5. The van der Waals surface area contributed by atoms with Gasteiger partial charge in [-0.1, -0.05) is 15.9 Å². The Balaban J connectivity index is 2.23. The van der Waals surface area contributed by atoms with Gasteiger partial charge < -0.3 is 19.3 Å². The summed E-state index contributed by atoms with van der Waals surface area (Å²) in [4.78, 5) is 11.5. The fraction of sp³-hybridized carbons (Fsp3) is 0.500. The van der Waals surface area contributed by atoms with E-state index in [-0.39, 0.29) is 6.10 Å². The molecule has 0 aromatic heterocycles. The molecule has 0 amide bonds. The smallest absolute Gasteiger partial charge is 0.337 e. The Labute approximate surface area is 126 Å². The first-order valence-electron chi connectivity index (χ1n) is 6.41. The van der Waals surface area contributed by atoms with Crippen LogP contribution in [0.1, 0.15) is 24.5 Å². The summed E-state index contributed by atoms with van der Waals surface area (Å²) in [6, 6.07) is 5.25. The third-order valence-corrected chi connectivity index (χ3v) is 3.69. The van der Waals surface area contributed by atoms with E-state index < -0.39 is 12.1 Å². The lowest BCUT2D eigenvalue weighted by Gasteiger charge is -2.26. The standard InChI is InChI=1S/C14H17BrO5/c1-18-12-3-2-9(15)8-11(12)13(14(16)17)20-10-4-6-19-7-5-10/h2-3,8,10,13H,4-7H2,1H3,(H,16,17). The zero-order chi connectivity index (χ0) is 14.5. The molecule has 1 fully saturated rings. The Morgan fingerprint density at radius 1 is 1.45 bits per heavy atom. The summed E-state index contributed by atoms with van der Waals surface area (Å²) in [5.74, 6) is -0.513. The van der Waals surface area contributed by atoms with Crippen molar-refractivity contribution in [2.24, 2.45) is 0 Å². The van der Waals surface area contributed by atoms with Crippen LogP contribution in [0.4, 0.5) is 0 Å². The molecule has 1 aliphatic heterocycles. The quantitative estimate of drug-likeness (QED) is 0.889. The first-order valence-corrected chi connectivity index (χ1v) is 7.20. The van der Waals surface area contributed by atoms with Crippen LogP contribution in [-0.2, 0) is 14.3 Å². The SMILES string of the molecule is COc1ccc(Br)cc1C(OC1CCOCC1)C(=O)O. The minimum atomic E-state index is -1.04. The van der Waals surface area contributed by atoms with E-state index in [1.807, 2.05) is 0 Å².